The lowest BCUT2D eigenvalue weighted by atomic mass is 9.77. The van der Waals surface area contributed by atoms with Crippen molar-refractivity contribution in [1.29, 1.82) is 0 Å². The highest BCUT2D eigenvalue weighted by atomic mass is 16.5. The number of phenolic OH excluding ortho intramolecular Hbond substituents is 1. The molecule has 0 aromatic heterocycles. The Labute approximate surface area is 156 Å². The molecule has 1 N–H and O–H groups in total. The molecule has 0 bridgehead atoms. The van der Waals surface area contributed by atoms with Gasteiger partial charge in [0.1, 0.15) is 17.2 Å². The topological polar surface area (TPSA) is 29.5 Å². The summed E-state index contributed by atoms with van der Waals surface area (Å²) in [6.07, 6.45) is 2.06. The van der Waals surface area contributed by atoms with Crippen LogP contribution in [0.2, 0.25) is 0 Å². The van der Waals surface area contributed by atoms with Crippen molar-refractivity contribution in [3.8, 4) is 17.2 Å². The zero-order chi connectivity index (χ0) is 18.6. The number of para-hydroxylation sites is 3. The normalized spacial score (nSPS) is 11.3. The van der Waals surface area contributed by atoms with Crippen LogP contribution in [0.25, 0.3) is 0 Å². The van der Waals surface area contributed by atoms with E-state index in [0.717, 1.165) is 35.5 Å². The SMILES string of the molecule is CCCc1ccccc1Oc1ccccc1C(C)(C)c1ccccc1O. The predicted molar refractivity (Wildman–Crippen MR) is 107 cm³/mol. The van der Waals surface area contributed by atoms with E-state index >= 15 is 0 Å². The van der Waals surface area contributed by atoms with Crippen molar-refractivity contribution < 1.29 is 9.84 Å². The van der Waals surface area contributed by atoms with E-state index in [1.807, 2.05) is 48.5 Å². The highest BCUT2D eigenvalue weighted by molar-refractivity contribution is 5.51. The molecule has 0 spiro atoms. The summed E-state index contributed by atoms with van der Waals surface area (Å²) in [5, 5.41) is 10.4. The Balaban J connectivity index is 2.03. The molecule has 0 aliphatic heterocycles. The van der Waals surface area contributed by atoms with Crippen LogP contribution in [0.15, 0.2) is 72.8 Å². The first-order valence-electron chi connectivity index (χ1n) is 9.17. The van der Waals surface area contributed by atoms with Crippen molar-refractivity contribution in [3.05, 3.63) is 89.5 Å². The van der Waals surface area contributed by atoms with Crippen LogP contribution < -0.4 is 4.74 Å². The number of aromatic hydroxyl groups is 1. The van der Waals surface area contributed by atoms with E-state index in [1.165, 1.54) is 5.56 Å². The van der Waals surface area contributed by atoms with Gasteiger partial charge in [-0.25, -0.2) is 0 Å². The molecule has 0 fully saturated rings. The van der Waals surface area contributed by atoms with Gasteiger partial charge in [-0.2, -0.15) is 0 Å². The van der Waals surface area contributed by atoms with Gasteiger partial charge in [-0.05, 0) is 30.2 Å². The second kappa shape index (κ2) is 7.65. The molecule has 2 heteroatoms. The molecule has 134 valence electrons. The summed E-state index contributed by atoms with van der Waals surface area (Å²) in [5.74, 6) is 2.03. The molecule has 0 amide bonds. The summed E-state index contributed by atoms with van der Waals surface area (Å²) in [4.78, 5) is 0. The average molecular weight is 346 g/mol. The molecule has 0 radical (unpaired) electrons. The molecule has 3 aromatic carbocycles. The van der Waals surface area contributed by atoms with E-state index in [2.05, 4.69) is 39.0 Å². The molecule has 0 aliphatic carbocycles. The summed E-state index contributed by atoms with van der Waals surface area (Å²) < 4.78 is 6.36. The zero-order valence-electron chi connectivity index (χ0n) is 15.7. The largest absolute Gasteiger partial charge is 0.508 e. The molecule has 0 unspecified atom stereocenters. The monoisotopic (exact) mass is 346 g/mol. The Kier molecular flexibility index (Phi) is 5.32. The second-order valence-electron chi connectivity index (χ2n) is 7.10. The molecule has 0 heterocycles. The molecule has 26 heavy (non-hydrogen) atoms. The van der Waals surface area contributed by atoms with Crippen molar-refractivity contribution in [2.24, 2.45) is 0 Å². The van der Waals surface area contributed by atoms with Gasteiger partial charge in [0.05, 0.1) is 0 Å². The van der Waals surface area contributed by atoms with Gasteiger partial charge in [0.2, 0.25) is 0 Å². The van der Waals surface area contributed by atoms with Crippen molar-refractivity contribution in [2.45, 2.75) is 39.0 Å². The minimum absolute atomic E-state index is 0.304. The first-order chi connectivity index (χ1) is 12.5. The fraction of sp³-hybridized carbons (Fsp3) is 0.250. The van der Waals surface area contributed by atoms with E-state index in [9.17, 15) is 5.11 Å². The lowest BCUT2D eigenvalue weighted by Gasteiger charge is -2.29. The lowest BCUT2D eigenvalue weighted by Crippen LogP contribution is -2.20. The van der Waals surface area contributed by atoms with Gasteiger partial charge >= 0.3 is 0 Å². The van der Waals surface area contributed by atoms with Gasteiger partial charge in [-0.1, -0.05) is 81.8 Å². The summed E-state index contributed by atoms with van der Waals surface area (Å²) >= 11 is 0. The Hall–Kier alpha value is -2.74. The number of ether oxygens (including phenoxy) is 1. The van der Waals surface area contributed by atoms with Crippen molar-refractivity contribution >= 4 is 0 Å². The molecule has 3 rings (SSSR count). The van der Waals surface area contributed by atoms with E-state index in [1.54, 1.807) is 6.07 Å². The van der Waals surface area contributed by atoms with Crippen LogP contribution in [0.1, 0.15) is 43.9 Å². The van der Waals surface area contributed by atoms with Gasteiger partial charge in [-0.15, -0.1) is 0 Å². The van der Waals surface area contributed by atoms with Gasteiger partial charge in [-0.3, -0.25) is 0 Å². The van der Waals surface area contributed by atoms with Crippen LogP contribution in [0.3, 0.4) is 0 Å². The molecular weight excluding hydrogens is 320 g/mol. The number of hydrogen-bond donors (Lipinski definition) is 1. The van der Waals surface area contributed by atoms with Crippen LogP contribution in [0, 0.1) is 0 Å². The van der Waals surface area contributed by atoms with Gasteiger partial charge in [0.15, 0.2) is 0 Å². The van der Waals surface area contributed by atoms with E-state index < -0.39 is 0 Å². The Bertz CT molecular complexity index is 881. The van der Waals surface area contributed by atoms with Crippen LogP contribution in [-0.4, -0.2) is 5.11 Å². The van der Waals surface area contributed by atoms with E-state index in [0.29, 0.717) is 5.75 Å². The molecule has 0 saturated carbocycles. The minimum atomic E-state index is -0.387. The van der Waals surface area contributed by atoms with E-state index in [-0.39, 0.29) is 5.41 Å². The van der Waals surface area contributed by atoms with Crippen LogP contribution >= 0.6 is 0 Å². The first kappa shape index (κ1) is 18.1. The molecule has 0 aliphatic rings. The lowest BCUT2D eigenvalue weighted by molar-refractivity contribution is 0.438. The third-order valence-electron chi connectivity index (χ3n) is 4.85. The second-order valence-corrected chi connectivity index (χ2v) is 7.10. The summed E-state index contributed by atoms with van der Waals surface area (Å²) in [6, 6.07) is 23.8. The maximum atomic E-state index is 10.4. The number of benzene rings is 3. The quantitative estimate of drug-likeness (QED) is 0.555. The smallest absolute Gasteiger partial charge is 0.131 e. The Morgan fingerprint density at radius 3 is 2.04 bits per heavy atom. The van der Waals surface area contributed by atoms with Gasteiger partial charge < -0.3 is 9.84 Å². The maximum absolute atomic E-state index is 10.4. The Morgan fingerprint density at radius 1 is 0.769 bits per heavy atom. The van der Waals surface area contributed by atoms with Crippen molar-refractivity contribution in [3.63, 3.8) is 0 Å². The van der Waals surface area contributed by atoms with Crippen LogP contribution in [0.5, 0.6) is 17.2 Å². The summed E-state index contributed by atoms with van der Waals surface area (Å²) in [6.45, 7) is 6.40. The predicted octanol–water partition coefficient (Wildman–Crippen LogP) is 6.46. The Morgan fingerprint density at radius 2 is 1.35 bits per heavy atom. The van der Waals surface area contributed by atoms with Gasteiger partial charge in [0.25, 0.3) is 0 Å². The van der Waals surface area contributed by atoms with Crippen LogP contribution in [0.4, 0.5) is 0 Å². The van der Waals surface area contributed by atoms with Crippen molar-refractivity contribution in [2.75, 3.05) is 0 Å². The number of phenols is 1. The fourth-order valence-electron chi connectivity index (χ4n) is 3.42. The number of rotatable bonds is 6. The average Bonchev–Trinajstić information content (AvgIpc) is 2.64. The van der Waals surface area contributed by atoms with Crippen molar-refractivity contribution in [1.82, 2.24) is 0 Å². The standard InChI is InChI=1S/C24H26O2/c1-4-11-18-12-5-9-16-22(18)26-23-17-10-7-14-20(23)24(2,3)19-13-6-8-15-21(19)25/h5-10,12-17,25H,4,11H2,1-3H3. The summed E-state index contributed by atoms with van der Waals surface area (Å²) in [5.41, 5.74) is 2.76. The third kappa shape index (κ3) is 3.60. The van der Waals surface area contributed by atoms with E-state index in [4.69, 9.17) is 4.74 Å². The molecular formula is C24H26O2. The zero-order valence-corrected chi connectivity index (χ0v) is 15.7. The third-order valence-corrected chi connectivity index (χ3v) is 4.85. The number of aryl methyl sites for hydroxylation is 1. The minimum Gasteiger partial charge on any atom is -0.508 e. The molecule has 3 aromatic rings. The van der Waals surface area contributed by atoms with Gasteiger partial charge in [0, 0.05) is 16.5 Å². The molecule has 0 saturated heterocycles. The summed E-state index contributed by atoms with van der Waals surface area (Å²) in [7, 11) is 0. The highest BCUT2D eigenvalue weighted by Crippen LogP contribution is 2.42. The van der Waals surface area contributed by atoms with Crippen LogP contribution in [-0.2, 0) is 11.8 Å². The first-order valence-corrected chi connectivity index (χ1v) is 9.17. The number of hydrogen-bond acceptors (Lipinski definition) is 2. The fourth-order valence-corrected chi connectivity index (χ4v) is 3.42. The highest BCUT2D eigenvalue weighted by Gasteiger charge is 2.29. The molecule has 2 nitrogen and oxygen atoms in total. The maximum Gasteiger partial charge on any atom is 0.131 e. The molecule has 0 atom stereocenters.